The first kappa shape index (κ1) is 30.2. The topological polar surface area (TPSA) is 128 Å². The summed E-state index contributed by atoms with van der Waals surface area (Å²) >= 11 is 18.0. The molecule has 2 aliphatic rings. The van der Waals surface area contributed by atoms with Gasteiger partial charge in [-0.25, -0.2) is 13.2 Å². The number of esters is 1. The summed E-state index contributed by atoms with van der Waals surface area (Å²) in [7, 11) is -1.57. The lowest BCUT2D eigenvalue weighted by molar-refractivity contribution is -0.142. The Morgan fingerprint density at radius 3 is 2.25 bits per heavy atom. The Bertz CT molecular complexity index is 1380. The smallest absolute Gasteiger partial charge is 0.325 e. The Balaban J connectivity index is 1.42. The van der Waals surface area contributed by atoms with E-state index in [1.807, 2.05) is 30.3 Å². The molecule has 0 aliphatic carbocycles. The molecule has 1 atom stereocenters. The largest absolute Gasteiger partial charge is 0.468 e. The fourth-order valence-corrected chi connectivity index (χ4v) is 7.76. The van der Waals surface area contributed by atoms with Crippen LogP contribution in [0.3, 0.4) is 0 Å². The Labute approximate surface area is 247 Å². The van der Waals surface area contributed by atoms with Crippen molar-refractivity contribution in [2.45, 2.75) is 29.3 Å². The molecule has 11 nitrogen and oxygen atoms in total. The molecule has 216 valence electrons. The minimum absolute atomic E-state index is 0.00362. The standard InChI is InChI=1S/C25H28Cl3N5O6S/c1-31-15-33(17-6-4-3-5-7-17)25(23(31)35)8-10-32(11-9-25)24(36)29-14-20(22(34)39-2)30-40(37,38)21-18(27)12-16(26)13-19(21)28/h3-7,12-13,20,30H,8-11,14-15H2,1-2H3,(H,29,36). The van der Waals surface area contributed by atoms with E-state index in [0.717, 1.165) is 12.8 Å². The first-order chi connectivity index (χ1) is 18.9. The molecule has 0 bridgehead atoms. The molecular formula is C25H28Cl3N5O6S. The van der Waals surface area contributed by atoms with Crippen LogP contribution in [0.2, 0.25) is 15.1 Å². The van der Waals surface area contributed by atoms with Crippen LogP contribution in [-0.2, 0) is 24.3 Å². The number of urea groups is 1. The lowest BCUT2D eigenvalue weighted by Gasteiger charge is -2.43. The summed E-state index contributed by atoms with van der Waals surface area (Å²) in [4.78, 5) is 43.4. The third-order valence-electron chi connectivity index (χ3n) is 7.03. The number of hydrogen-bond donors (Lipinski definition) is 2. The molecule has 4 rings (SSSR count). The Morgan fingerprint density at radius 1 is 1.07 bits per heavy atom. The normalized spacial score (nSPS) is 17.7. The van der Waals surface area contributed by atoms with Crippen LogP contribution in [-0.4, -0.2) is 88.2 Å². The van der Waals surface area contributed by atoms with Crippen molar-refractivity contribution >= 4 is 68.4 Å². The SMILES string of the molecule is COC(=O)C(CNC(=O)N1CCC2(CC1)C(=O)N(C)CN2c1ccccc1)NS(=O)(=O)c1c(Cl)cc(Cl)cc1Cl. The summed E-state index contributed by atoms with van der Waals surface area (Å²) in [5.74, 6) is -0.933. The number of carbonyl (C=O) groups is 3. The molecule has 0 aromatic heterocycles. The van der Waals surface area contributed by atoms with Crippen LogP contribution in [0.1, 0.15) is 12.8 Å². The number of para-hydroxylation sites is 1. The molecule has 1 unspecified atom stereocenters. The summed E-state index contributed by atoms with van der Waals surface area (Å²) in [6.07, 6.45) is 0.804. The van der Waals surface area contributed by atoms with E-state index in [-0.39, 0.29) is 34.1 Å². The monoisotopic (exact) mass is 631 g/mol. The molecule has 1 spiro atoms. The van der Waals surface area contributed by atoms with E-state index in [1.165, 1.54) is 17.0 Å². The molecule has 2 aliphatic heterocycles. The van der Waals surface area contributed by atoms with Gasteiger partial charge in [0.1, 0.15) is 16.5 Å². The highest BCUT2D eigenvalue weighted by Crippen LogP contribution is 2.39. The van der Waals surface area contributed by atoms with Gasteiger partial charge in [-0.05, 0) is 37.1 Å². The summed E-state index contributed by atoms with van der Waals surface area (Å²) in [6, 6.07) is 10.0. The van der Waals surface area contributed by atoms with E-state index >= 15 is 0 Å². The lowest BCUT2D eigenvalue weighted by Crippen LogP contribution is -2.59. The van der Waals surface area contributed by atoms with Gasteiger partial charge in [-0.1, -0.05) is 53.0 Å². The van der Waals surface area contributed by atoms with Crippen molar-refractivity contribution in [3.8, 4) is 0 Å². The minimum atomic E-state index is -4.41. The van der Waals surface area contributed by atoms with Gasteiger partial charge in [0.15, 0.2) is 0 Å². The first-order valence-corrected chi connectivity index (χ1v) is 14.9. The number of sulfonamides is 1. The summed E-state index contributed by atoms with van der Waals surface area (Å²) < 4.78 is 32.9. The Hall–Kier alpha value is -2.77. The zero-order chi connectivity index (χ0) is 29.2. The second kappa shape index (κ2) is 12.0. The van der Waals surface area contributed by atoms with Gasteiger partial charge in [-0.15, -0.1) is 0 Å². The molecule has 0 saturated carbocycles. The molecule has 2 saturated heterocycles. The number of benzene rings is 2. The highest BCUT2D eigenvalue weighted by molar-refractivity contribution is 7.89. The van der Waals surface area contributed by atoms with E-state index in [9.17, 15) is 22.8 Å². The molecule has 2 fully saturated rings. The van der Waals surface area contributed by atoms with Gasteiger partial charge in [-0.3, -0.25) is 9.59 Å². The van der Waals surface area contributed by atoms with Crippen molar-refractivity contribution in [3.63, 3.8) is 0 Å². The molecule has 15 heteroatoms. The number of nitrogens with one attached hydrogen (secondary N) is 2. The predicted molar refractivity (Wildman–Crippen MR) is 151 cm³/mol. The van der Waals surface area contributed by atoms with Gasteiger partial charge in [-0.2, -0.15) is 4.72 Å². The van der Waals surface area contributed by atoms with Crippen LogP contribution in [0.15, 0.2) is 47.4 Å². The summed E-state index contributed by atoms with van der Waals surface area (Å²) in [5.41, 5.74) is 0.154. The van der Waals surface area contributed by atoms with Gasteiger partial charge in [0, 0.05) is 37.4 Å². The highest BCUT2D eigenvalue weighted by atomic mass is 35.5. The molecule has 0 radical (unpaired) electrons. The van der Waals surface area contributed by atoms with Crippen LogP contribution in [0.5, 0.6) is 0 Å². The van der Waals surface area contributed by atoms with Crippen molar-refractivity contribution in [2.24, 2.45) is 0 Å². The number of amides is 3. The maximum absolute atomic E-state index is 13.2. The zero-order valence-electron chi connectivity index (χ0n) is 21.7. The number of piperidine rings is 1. The number of methoxy groups -OCH3 is 1. The van der Waals surface area contributed by atoms with Crippen LogP contribution in [0.25, 0.3) is 0 Å². The lowest BCUT2D eigenvalue weighted by atomic mass is 9.85. The van der Waals surface area contributed by atoms with Gasteiger partial charge in [0.2, 0.25) is 15.9 Å². The molecule has 2 heterocycles. The number of ether oxygens (including phenoxy) is 1. The molecule has 2 aromatic carbocycles. The molecule has 40 heavy (non-hydrogen) atoms. The fraction of sp³-hybridized carbons (Fsp3) is 0.400. The Morgan fingerprint density at radius 2 is 1.68 bits per heavy atom. The quantitative estimate of drug-likeness (QED) is 0.449. The third kappa shape index (κ3) is 5.96. The zero-order valence-corrected chi connectivity index (χ0v) is 24.8. The molecule has 2 aromatic rings. The Kier molecular flexibility index (Phi) is 9.05. The number of anilines is 1. The van der Waals surface area contributed by atoms with E-state index in [1.54, 1.807) is 11.9 Å². The van der Waals surface area contributed by atoms with Crippen LogP contribution in [0.4, 0.5) is 10.5 Å². The maximum atomic E-state index is 13.2. The van der Waals surface area contributed by atoms with Crippen molar-refractivity contribution in [2.75, 3.05) is 45.4 Å². The van der Waals surface area contributed by atoms with Crippen LogP contribution in [0, 0.1) is 0 Å². The van der Waals surface area contributed by atoms with Crippen molar-refractivity contribution in [3.05, 3.63) is 57.5 Å². The number of rotatable bonds is 7. The summed E-state index contributed by atoms with van der Waals surface area (Å²) in [6.45, 7) is 0.587. The van der Waals surface area contributed by atoms with Gasteiger partial charge in [0.25, 0.3) is 0 Å². The maximum Gasteiger partial charge on any atom is 0.325 e. The van der Waals surface area contributed by atoms with Crippen molar-refractivity contribution in [1.29, 1.82) is 0 Å². The number of likely N-dealkylation sites (N-methyl/N-ethyl adjacent to an activating group) is 1. The second-order valence-electron chi connectivity index (χ2n) is 9.51. The van der Waals surface area contributed by atoms with Crippen LogP contribution >= 0.6 is 34.8 Å². The number of likely N-dealkylation sites (tertiary alicyclic amines) is 1. The predicted octanol–water partition coefficient (Wildman–Crippen LogP) is 2.95. The number of nitrogens with zero attached hydrogens (tertiary/aromatic N) is 3. The van der Waals surface area contributed by atoms with Gasteiger partial charge < -0.3 is 24.8 Å². The van der Waals surface area contributed by atoms with Crippen LogP contribution < -0.4 is 14.9 Å². The molecular weight excluding hydrogens is 605 g/mol. The highest BCUT2D eigenvalue weighted by Gasteiger charge is 2.53. The van der Waals surface area contributed by atoms with E-state index in [2.05, 4.69) is 14.9 Å². The first-order valence-electron chi connectivity index (χ1n) is 12.3. The molecule has 2 N–H and O–H groups in total. The fourth-order valence-electron chi connectivity index (χ4n) is 5.03. The van der Waals surface area contributed by atoms with Gasteiger partial charge >= 0.3 is 12.0 Å². The van der Waals surface area contributed by atoms with E-state index in [4.69, 9.17) is 39.5 Å². The van der Waals surface area contributed by atoms with E-state index < -0.39 is 45.0 Å². The third-order valence-corrected chi connectivity index (χ3v) is 9.64. The molecule has 3 amide bonds. The van der Waals surface area contributed by atoms with Crippen molar-refractivity contribution < 1.29 is 27.5 Å². The average molecular weight is 633 g/mol. The average Bonchev–Trinajstić information content (AvgIpc) is 3.15. The minimum Gasteiger partial charge on any atom is -0.468 e. The number of halogens is 3. The summed E-state index contributed by atoms with van der Waals surface area (Å²) in [5, 5.41) is 2.24. The van der Waals surface area contributed by atoms with Gasteiger partial charge in [0.05, 0.1) is 23.8 Å². The second-order valence-corrected chi connectivity index (χ2v) is 12.4. The van der Waals surface area contributed by atoms with E-state index in [0.29, 0.717) is 19.5 Å². The van der Waals surface area contributed by atoms with Crippen molar-refractivity contribution in [1.82, 2.24) is 19.8 Å². The number of carbonyl (C=O) groups excluding carboxylic acids is 3. The number of hydrogen-bond acceptors (Lipinski definition) is 7.